The molecule has 0 radical (unpaired) electrons. The zero-order valence-electron chi connectivity index (χ0n) is 13.0. The molecule has 24 heavy (non-hydrogen) atoms. The van der Waals surface area contributed by atoms with Crippen LogP contribution in [0.5, 0.6) is 0 Å². The number of halogens is 1. The Kier molecular flexibility index (Phi) is 3.38. The first-order valence-electron chi connectivity index (χ1n) is 7.34. The Morgan fingerprint density at radius 2 is 2.00 bits per heavy atom. The SMILES string of the molecule is Cc1ccc(Sc2n[nH]n3c2nc(=O)c2ccc(F)cc23)c(C)c1. The van der Waals surface area contributed by atoms with Crippen LogP contribution in [0.15, 0.2) is 51.1 Å². The van der Waals surface area contributed by atoms with Crippen LogP contribution in [0, 0.1) is 19.7 Å². The maximum absolute atomic E-state index is 13.6. The number of nitrogens with one attached hydrogen (secondary N) is 1. The summed E-state index contributed by atoms with van der Waals surface area (Å²) in [4.78, 5) is 17.4. The Morgan fingerprint density at radius 1 is 1.17 bits per heavy atom. The van der Waals surface area contributed by atoms with Gasteiger partial charge in [0.1, 0.15) is 5.82 Å². The lowest BCUT2D eigenvalue weighted by Crippen LogP contribution is -2.10. The van der Waals surface area contributed by atoms with Crippen LogP contribution >= 0.6 is 11.8 Å². The van der Waals surface area contributed by atoms with Crippen molar-refractivity contribution >= 4 is 28.3 Å². The highest BCUT2D eigenvalue weighted by molar-refractivity contribution is 7.99. The highest BCUT2D eigenvalue weighted by atomic mass is 32.2. The number of aryl methyl sites for hydroxylation is 2. The molecular weight excluding hydrogens is 327 g/mol. The van der Waals surface area contributed by atoms with E-state index in [1.54, 1.807) is 0 Å². The van der Waals surface area contributed by atoms with Gasteiger partial charge < -0.3 is 0 Å². The van der Waals surface area contributed by atoms with Crippen LogP contribution in [0.4, 0.5) is 4.39 Å². The molecule has 0 atom stereocenters. The van der Waals surface area contributed by atoms with E-state index in [1.807, 2.05) is 26.0 Å². The Labute approximate surface area is 140 Å². The summed E-state index contributed by atoms with van der Waals surface area (Å²) in [5.74, 6) is -0.417. The number of hydrogen-bond donors (Lipinski definition) is 1. The Bertz CT molecular complexity index is 1150. The maximum Gasteiger partial charge on any atom is 0.281 e. The molecule has 0 fully saturated rings. The van der Waals surface area contributed by atoms with Gasteiger partial charge in [-0.1, -0.05) is 29.5 Å². The molecule has 0 unspecified atom stereocenters. The van der Waals surface area contributed by atoms with E-state index in [0.717, 1.165) is 10.5 Å². The van der Waals surface area contributed by atoms with Gasteiger partial charge in [-0.2, -0.15) is 4.98 Å². The van der Waals surface area contributed by atoms with Gasteiger partial charge in [-0.05, 0) is 37.6 Å². The fourth-order valence-corrected chi connectivity index (χ4v) is 3.55. The number of H-pyrrole nitrogens is 1. The Balaban J connectivity index is 1.91. The second-order valence-corrected chi connectivity index (χ2v) is 6.66. The molecule has 5 nitrogen and oxygen atoms in total. The molecule has 2 aromatic carbocycles. The molecule has 0 aliphatic rings. The zero-order chi connectivity index (χ0) is 16.8. The van der Waals surface area contributed by atoms with E-state index in [-0.39, 0.29) is 0 Å². The summed E-state index contributed by atoms with van der Waals surface area (Å²) >= 11 is 1.42. The molecule has 1 N–H and O–H groups in total. The number of fused-ring (bicyclic) bond motifs is 3. The second kappa shape index (κ2) is 5.45. The molecule has 0 amide bonds. The van der Waals surface area contributed by atoms with Crippen LogP contribution in [-0.4, -0.2) is 19.8 Å². The summed E-state index contributed by atoms with van der Waals surface area (Å²) in [5.41, 5.74) is 2.72. The predicted molar refractivity (Wildman–Crippen MR) is 91.1 cm³/mol. The third kappa shape index (κ3) is 2.37. The van der Waals surface area contributed by atoms with Crippen molar-refractivity contribution in [3.8, 4) is 0 Å². The molecule has 120 valence electrons. The summed E-state index contributed by atoms with van der Waals surface area (Å²) in [7, 11) is 0. The number of benzene rings is 2. The van der Waals surface area contributed by atoms with E-state index in [0.29, 0.717) is 21.6 Å². The van der Waals surface area contributed by atoms with Crippen LogP contribution < -0.4 is 5.56 Å². The van der Waals surface area contributed by atoms with Gasteiger partial charge in [0.25, 0.3) is 5.56 Å². The standard InChI is InChI=1S/C17H13FN4OS/c1-9-3-6-14(10(2)7-9)24-17-15-19-16(23)12-5-4-11(18)8-13(12)22(15)21-20-17/h3-8,21H,1-2H3. The molecule has 0 aliphatic carbocycles. The van der Waals surface area contributed by atoms with E-state index >= 15 is 0 Å². The lowest BCUT2D eigenvalue weighted by molar-refractivity contribution is 0.628. The van der Waals surface area contributed by atoms with Gasteiger partial charge in [0.15, 0.2) is 10.7 Å². The molecular formula is C17H13FN4OS. The van der Waals surface area contributed by atoms with Gasteiger partial charge in [0.2, 0.25) is 0 Å². The molecule has 7 heteroatoms. The van der Waals surface area contributed by atoms with Crippen molar-refractivity contribution in [2.45, 2.75) is 23.8 Å². The quantitative estimate of drug-likeness (QED) is 0.607. The molecule has 2 heterocycles. The molecule has 4 rings (SSSR count). The van der Waals surface area contributed by atoms with Gasteiger partial charge in [0, 0.05) is 11.0 Å². The van der Waals surface area contributed by atoms with Crippen molar-refractivity contribution < 1.29 is 4.39 Å². The van der Waals surface area contributed by atoms with Gasteiger partial charge >= 0.3 is 0 Å². The van der Waals surface area contributed by atoms with Crippen LogP contribution in [-0.2, 0) is 0 Å². The van der Waals surface area contributed by atoms with Gasteiger partial charge in [-0.3, -0.25) is 4.79 Å². The summed E-state index contributed by atoms with van der Waals surface area (Å²) in [6, 6.07) is 10.1. The van der Waals surface area contributed by atoms with Crippen molar-refractivity contribution in [3.63, 3.8) is 0 Å². The number of hydrogen-bond acceptors (Lipinski definition) is 4. The molecule has 0 bridgehead atoms. The minimum Gasteiger partial charge on any atom is -0.267 e. The molecule has 0 saturated heterocycles. The first-order chi connectivity index (χ1) is 11.5. The van der Waals surface area contributed by atoms with Crippen LogP contribution in [0.3, 0.4) is 0 Å². The second-order valence-electron chi connectivity index (χ2n) is 5.63. The normalized spacial score (nSPS) is 11.5. The van der Waals surface area contributed by atoms with Crippen molar-refractivity contribution in [2.24, 2.45) is 0 Å². The van der Waals surface area contributed by atoms with Crippen LogP contribution in [0.2, 0.25) is 0 Å². The van der Waals surface area contributed by atoms with E-state index in [2.05, 4.69) is 21.4 Å². The van der Waals surface area contributed by atoms with E-state index < -0.39 is 11.4 Å². The molecule has 4 aromatic rings. The molecule has 0 spiro atoms. The summed E-state index contributed by atoms with van der Waals surface area (Å²) < 4.78 is 15.1. The maximum atomic E-state index is 13.6. The van der Waals surface area contributed by atoms with Gasteiger partial charge in [-0.25, -0.2) is 14.1 Å². The van der Waals surface area contributed by atoms with E-state index in [1.165, 1.54) is 40.0 Å². The lowest BCUT2D eigenvalue weighted by Gasteiger charge is -2.04. The number of nitrogens with zero attached hydrogens (tertiary/aromatic N) is 3. The van der Waals surface area contributed by atoms with Crippen molar-refractivity contribution in [1.29, 1.82) is 0 Å². The fraction of sp³-hybridized carbons (Fsp3) is 0.118. The largest absolute Gasteiger partial charge is 0.281 e. The Hall–Kier alpha value is -2.67. The molecule has 2 aromatic heterocycles. The van der Waals surface area contributed by atoms with Gasteiger partial charge in [0.05, 0.1) is 10.9 Å². The molecule has 0 aliphatic heterocycles. The van der Waals surface area contributed by atoms with Crippen molar-refractivity contribution in [3.05, 3.63) is 63.7 Å². The minimum atomic E-state index is -0.417. The number of aromatic nitrogens is 4. The highest BCUT2D eigenvalue weighted by Gasteiger charge is 2.14. The first-order valence-corrected chi connectivity index (χ1v) is 8.16. The van der Waals surface area contributed by atoms with Gasteiger partial charge in [-0.15, -0.1) is 5.10 Å². The summed E-state index contributed by atoms with van der Waals surface area (Å²) in [5, 5.41) is 7.99. The van der Waals surface area contributed by atoms with Crippen LogP contribution in [0.1, 0.15) is 11.1 Å². The lowest BCUT2D eigenvalue weighted by atomic mass is 10.2. The minimum absolute atomic E-state index is 0.348. The van der Waals surface area contributed by atoms with E-state index in [4.69, 9.17) is 0 Å². The summed E-state index contributed by atoms with van der Waals surface area (Å²) in [6.07, 6.45) is 0. The number of rotatable bonds is 2. The first kappa shape index (κ1) is 14.9. The number of aromatic amines is 1. The van der Waals surface area contributed by atoms with Crippen molar-refractivity contribution in [2.75, 3.05) is 0 Å². The predicted octanol–water partition coefficient (Wildman–Crippen LogP) is 3.48. The fourth-order valence-electron chi connectivity index (χ4n) is 2.67. The molecule has 0 saturated carbocycles. The van der Waals surface area contributed by atoms with Crippen molar-refractivity contribution in [1.82, 2.24) is 19.8 Å². The monoisotopic (exact) mass is 340 g/mol. The average Bonchev–Trinajstić information content (AvgIpc) is 2.93. The summed E-state index contributed by atoms with van der Waals surface area (Å²) in [6.45, 7) is 4.06. The zero-order valence-corrected chi connectivity index (χ0v) is 13.8. The Morgan fingerprint density at radius 3 is 2.79 bits per heavy atom. The van der Waals surface area contributed by atoms with E-state index in [9.17, 15) is 9.18 Å². The van der Waals surface area contributed by atoms with Crippen LogP contribution in [0.25, 0.3) is 16.6 Å². The smallest absolute Gasteiger partial charge is 0.267 e. The highest BCUT2D eigenvalue weighted by Crippen LogP contribution is 2.31. The third-order valence-electron chi connectivity index (χ3n) is 3.83. The third-order valence-corrected chi connectivity index (χ3v) is 4.98. The topological polar surface area (TPSA) is 63.1 Å². The average molecular weight is 340 g/mol.